The van der Waals surface area contributed by atoms with Crippen LogP contribution in [0.3, 0.4) is 0 Å². The lowest BCUT2D eigenvalue weighted by molar-refractivity contribution is -0.118. The highest BCUT2D eigenvalue weighted by Crippen LogP contribution is 2.44. The molecule has 8 heteroatoms. The van der Waals surface area contributed by atoms with Gasteiger partial charge in [0, 0.05) is 68.3 Å². The third-order valence-electron chi connectivity index (χ3n) is 10.6. The first-order chi connectivity index (χ1) is 23.1. The van der Waals surface area contributed by atoms with E-state index in [1.807, 2.05) is 49.1 Å². The van der Waals surface area contributed by atoms with Crippen LogP contribution in [0.2, 0.25) is 5.02 Å². The number of carbonyl (C=O) groups excluding carboxylic acids is 1. The Hall–Kier alpha value is -3.26. The monoisotopic (exact) mass is 672 g/mol. The molecule has 7 nitrogen and oxygen atoms in total. The molecule has 0 radical (unpaired) electrons. The van der Waals surface area contributed by atoms with E-state index in [0.29, 0.717) is 28.5 Å². The van der Waals surface area contributed by atoms with Gasteiger partial charge in [-0.1, -0.05) is 23.7 Å². The van der Waals surface area contributed by atoms with E-state index in [2.05, 4.69) is 65.9 Å². The predicted molar refractivity (Wildman–Crippen MR) is 197 cm³/mol. The molecular formula is C40H53ClN4O3. The molecule has 1 saturated heterocycles. The molecule has 1 aliphatic carbocycles. The Morgan fingerprint density at radius 3 is 2.15 bits per heavy atom. The van der Waals surface area contributed by atoms with Gasteiger partial charge in [-0.05, 0) is 125 Å². The summed E-state index contributed by atoms with van der Waals surface area (Å²) in [5.41, 5.74) is 5.03. The van der Waals surface area contributed by atoms with Crippen molar-refractivity contribution in [3.05, 3.63) is 82.4 Å². The van der Waals surface area contributed by atoms with Crippen LogP contribution in [0.25, 0.3) is 0 Å². The average molecular weight is 673 g/mol. The first-order valence-corrected chi connectivity index (χ1v) is 18.2. The van der Waals surface area contributed by atoms with Gasteiger partial charge < -0.3 is 19.3 Å². The van der Waals surface area contributed by atoms with Crippen LogP contribution in [0.1, 0.15) is 76.1 Å². The summed E-state index contributed by atoms with van der Waals surface area (Å²) < 4.78 is 11.8. The smallest absolute Gasteiger partial charge is 0.232 e. The molecular weight excluding hydrogens is 620 g/mol. The molecule has 3 aromatic carbocycles. The molecule has 48 heavy (non-hydrogen) atoms. The first-order valence-electron chi connectivity index (χ1n) is 17.9. The minimum atomic E-state index is -0.328. The summed E-state index contributed by atoms with van der Waals surface area (Å²) in [6, 6.07) is 21.4. The summed E-state index contributed by atoms with van der Waals surface area (Å²) in [6.07, 6.45) is 5.46. The Balaban J connectivity index is 1.17. The van der Waals surface area contributed by atoms with Crippen LogP contribution in [-0.2, 0) is 11.2 Å². The Kier molecular flexibility index (Phi) is 10.9. The summed E-state index contributed by atoms with van der Waals surface area (Å²) in [6.45, 7) is 14.5. The summed E-state index contributed by atoms with van der Waals surface area (Å²) in [5.74, 6) is 2.07. The molecule has 0 bridgehead atoms. The molecule has 1 amide bonds. The standard InChI is InChI=1S/C40H53ClN4O3/c1-27(2)43-19-21-44(22-20-43)34-13-7-29(8-14-34)26-42(5)33-15-17-35(18-16-33)45-39(46)24-31-23-37(47-6)38(48-28(3)4)25-36(31)40(45)30-9-11-32(41)12-10-30/h9-12,15-18,23,25,27-29,34,40H,7-8,13-14,19-22,24,26H2,1-6H3/t29?,34?,40-/m0/s1. The Bertz CT molecular complexity index is 1530. The van der Waals surface area contributed by atoms with Gasteiger partial charge in [0.25, 0.3) is 0 Å². The van der Waals surface area contributed by atoms with Gasteiger partial charge in [0.2, 0.25) is 5.91 Å². The summed E-state index contributed by atoms with van der Waals surface area (Å²) in [7, 11) is 3.84. The highest BCUT2D eigenvalue weighted by atomic mass is 35.5. The fourth-order valence-electron chi connectivity index (χ4n) is 8.00. The van der Waals surface area contributed by atoms with Gasteiger partial charge in [-0.15, -0.1) is 0 Å². The zero-order valence-electron chi connectivity index (χ0n) is 29.6. The lowest BCUT2D eigenvalue weighted by Gasteiger charge is -2.43. The zero-order valence-corrected chi connectivity index (χ0v) is 30.4. The lowest BCUT2D eigenvalue weighted by Crippen LogP contribution is -2.52. The van der Waals surface area contributed by atoms with Crippen LogP contribution in [0.5, 0.6) is 11.5 Å². The number of anilines is 2. The number of ether oxygens (including phenoxy) is 2. The number of halogens is 1. The molecule has 0 spiro atoms. The predicted octanol–water partition coefficient (Wildman–Crippen LogP) is 7.84. The number of methoxy groups -OCH3 is 1. The van der Waals surface area contributed by atoms with E-state index in [9.17, 15) is 4.79 Å². The minimum absolute atomic E-state index is 0.0162. The molecule has 0 aromatic heterocycles. The van der Waals surface area contributed by atoms with Crippen LogP contribution in [0.15, 0.2) is 60.7 Å². The number of benzene rings is 3. The fourth-order valence-corrected chi connectivity index (χ4v) is 8.13. The van der Waals surface area contributed by atoms with Gasteiger partial charge in [-0.2, -0.15) is 0 Å². The minimum Gasteiger partial charge on any atom is -0.493 e. The number of nitrogens with zero attached hydrogens (tertiary/aromatic N) is 4. The molecule has 1 saturated carbocycles. The van der Waals surface area contributed by atoms with Crippen LogP contribution in [0, 0.1) is 5.92 Å². The van der Waals surface area contributed by atoms with E-state index >= 15 is 0 Å². The van der Waals surface area contributed by atoms with Crippen LogP contribution in [0.4, 0.5) is 11.4 Å². The Morgan fingerprint density at radius 2 is 1.54 bits per heavy atom. The molecule has 2 aliphatic heterocycles. The van der Waals surface area contributed by atoms with Gasteiger partial charge >= 0.3 is 0 Å². The van der Waals surface area contributed by atoms with Crippen molar-refractivity contribution in [2.45, 2.75) is 84.0 Å². The first kappa shape index (κ1) is 34.6. The van der Waals surface area contributed by atoms with Crippen LogP contribution in [-0.4, -0.2) is 80.8 Å². The number of carbonyl (C=O) groups is 1. The summed E-state index contributed by atoms with van der Waals surface area (Å²) >= 11 is 6.30. The number of hydrogen-bond donors (Lipinski definition) is 0. The maximum Gasteiger partial charge on any atom is 0.232 e. The number of hydrogen-bond acceptors (Lipinski definition) is 6. The summed E-state index contributed by atoms with van der Waals surface area (Å²) in [5, 5.41) is 0.663. The second-order valence-corrected chi connectivity index (χ2v) is 14.9. The van der Waals surface area contributed by atoms with Crippen molar-refractivity contribution in [1.82, 2.24) is 9.80 Å². The molecule has 1 atom stereocenters. The van der Waals surface area contributed by atoms with Gasteiger partial charge in [0.05, 0.1) is 25.7 Å². The van der Waals surface area contributed by atoms with Crippen molar-refractivity contribution in [1.29, 1.82) is 0 Å². The molecule has 6 rings (SSSR count). The van der Waals surface area contributed by atoms with Crippen molar-refractivity contribution in [2.24, 2.45) is 5.92 Å². The molecule has 3 aliphatic rings. The Labute approximate surface area is 292 Å². The number of piperazine rings is 1. The van der Waals surface area contributed by atoms with Gasteiger partial charge in [0.15, 0.2) is 11.5 Å². The second-order valence-electron chi connectivity index (χ2n) is 14.5. The van der Waals surface area contributed by atoms with Crippen molar-refractivity contribution in [3.8, 4) is 11.5 Å². The van der Waals surface area contributed by atoms with Crippen molar-refractivity contribution < 1.29 is 14.3 Å². The fraction of sp³-hybridized carbons (Fsp3) is 0.525. The maximum atomic E-state index is 14.0. The van der Waals surface area contributed by atoms with Gasteiger partial charge in [0.1, 0.15) is 0 Å². The highest BCUT2D eigenvalue weighted by Gasteiger charge is 2.36. The number of amides is 1. The van der Waals surface area contributed by atoms with Crippen LogP contribution < -0.4 is 19.3 Å². The topological polar surface area (TPSA) is 48.5 Å². The van der Waals surface area contributed by atoms with E-state index in [1.165, 1.54) is 57.5 Å². The van der Waals surface area contributed by atoms with Crippen molar-refractivity contribution in [3.63, 3.8) is 0 Å². The van der Waals surface area contributed by atoms with Crippen molar-refractivity contribution >= 4 is 28.9 Å². The van der Waals surface area contributed by atoms with Crippen LogP contribution >= 0.6 is 11.6 Å². The average Bonchev–Trinajstić information content (AvgIpc) is 3.08. The van der Waals surface area contributed by atoms with E-state index in [0.717, 1.165) is 35.0 Å². The maximum absolute atomic E-state index is 14.0. The normalized spacial score (nSPS) is 22.2. The summed E-state index contributed by atoms with van der Waals surface area (Å²) in [4.78, 5) is 23.6. The molecule has 0 N–H and O–H groups in total. The molecule has 3 aromatic rings. The second kappa shape index (κ2) is 15.1. The van der Waals surface area contributed by atoms with E-state index in [4.69, 9.17) is 21.1 Å². The molecule has 2 fully saturated rings. The SMILES string of the molecule is COc1cc2c(cc1OC(C)C)[C@H](c1ccc(Cl)cc1)N(c1ccc(N(C)CC3CCC(N4CCN(C(C)C)CC4)CC3)cc1)C(=O)C2. The largest absolute Gasteiger partial charge is 0.493 e. The molecule has 0 unspecified atom stereocenters. The molecule has 2 heterocycles. The third kappa shape index (κ3) is 7.64. The Morgan fingerprint density at radius 1 is 0.875 bits per heavy atom. The lowest BCUT2D eigenvalue weighted by atomic mass is 9.84. The highest BCUT2D eigenvalue weighted by molar-refractivity contribution is 6.30. The van der Waals surface area contributed by atoms with E-state index < -0.39 is 0 Å². The van der Waals surface area contributed by atoms with Gasteiger partial charge in [-0.3, -0.25) is 14.6 Å². The van der Waals surface area contributed by atoms with E-state index in [1.54, 1.807) is 7.11 Å². The van der Waals surface area contributed by atoms with Gasteiger partial charge in [-0.25, -0.2) is 0 Å². The molecule has 258 valence electrons. The van der Waals surface area contributed by atoms with Crippen molar-refractivity contribution in [2.75, 3.05) is 56.7 Å². The number of fused-ring (bicyclic) bond motifs is 1. The zero-order chi connectivity index (χ0) is 33.9. The number of rotatable bonds is 10. The third-order valence-corrected chi connectivity index (χ3v) is 10.9. The van der Waals surface area contributed by atoms with E-state index in [-0.39, 0.29) is 24.5 Å². The quantitative estimate of drug-likeness (QED) is 0.219.